The highest BCUT2D eigenvalue weighted by Gasteiger charge is 2.25. The zero-order valence-electron chi connectivity index (χ0n) is 11.6. The molecule has 1 N–H and O–H groups in total. The zero-order chi connectivity index (χ0) is 13.8. The molecule has 0 amide bonds. The van der Waals surface area contributed by atoms with Gasteiger partial charge in [0.1, 0.15) is 5.82 Å². The lowest BCUT2D eigenvalue weighted by Crippen LogP contribution is -2.39. The van der Waals surface area contributed by atoms with E-state index >= 15 is 0 Å². The monoisotopic (exact) mass is 328 g/mol. The maximum atomic E-state index is 13.8. The molecule has 1 fully saturated rings. The van der Waals surface area contributed by atoms with Crippen LogP contribution in [0.25, 0.3) is 0 Å². The Hall–Kier alpha value is -0.450. The smallest absolute Gasteiger partial charge is 0.127 e. The molecule has 0 aliphatic carbocycles. The predicted octanol–water partition coefficient (Wildman–Crippen LogP) is 3.55. The Morgan fingerprint density at radius 3 is 3.00 bits per heavy atom. The van der Waals surface area contributed by atoms with E-state index in [9.17, 15) is 4.39 Å². The van der Waals surface area contributed by atoms with Gasteiger partial charge in [-0.3, -0.25) is 4.90 Å². The molecule has 0 radical (unpaired) electrons. The van der Waals surface area contributed by atoms with Crippen molar-refractivity contribution >= 4 is 15.9 Å². The third-order valence-electron chi connectivity index (χ3n) is 3.64. The number of nitrogens with one attached hydrogen (secondary N) is 1. The van der Waals surface area contributed by atoms with Gasteiger partial charge in [-0.15, -0.1) is 0 Å². The molecule has 1 heterocycles. The van der Waals surface area contributed by atoms with Crippen LogP contribution in [-0.4, -0.2) is 30.1 Å². The minimum atomic E-state index is -0.106. The first-order valence-corrected chi connectivity index (χ1v) is 7.77. The summed E-state index contributed by atoms with van der Waals surface area (Å²) in [5.74, 6) is -0.106. The fraction of sp³-hybridized carbons (Fsp3) is 0.600. The van der Waals surface area contributed by atoms with Crippen molar-refractivity contribution in [3.63, 3.8) is 0 Å². The van der Waals surface area contributed by atoms with Crippen molar-refractivity contribution in [2.75, 3.05) is 13.1 Å². The highest BCUT2D eigenvalue weighted by Crippen LogP contribution is 2.23. The molecule has 1 saturated heterocycles. The second-order valence-corrected chi connectivity index (χ2v) is 6.48. The first kappa shape index (κ1) is 14.9. The van der Waals surface area contributed by atoms with Gasteiger partial charge in [-0.1, -0.05) is 29.8 Å². The predicted molar refractivity (Wildman–Crippen MR) is 80.7 cm³/mol. The van der Waals surface area contributed by atoms with E-state index in [-0.39, 0.29) is 5.82 Å². The van der Waals surface area contributed by atoms with Gasteiger partial charge in [0.25, 0.3) is 0 Å². The van der Waals surface area contributed by atoms with Crippen molar-refractivity contribution in [3.05, 3.63) is 34.1 Å². The van der Waals surface area contributed by atoms with Crippen LogP contribution in [0.15, 0.2) is 22.7 Å². The molecule has 1 atom stereocenters. The number of nitrogens with zero attached hydrogens (tertiary/aromatic N) is 1. The molecule has 1 aromatic rings. The molecule has 4 heteroatoms. The molecule has 0 aromatic heterocycles. The summed E-state index contributed by atoms with van der Waals surface area (Å²) in [6.45, 7) is 7.08. The van der Waals surface area contributed by atoms with Crippen molar-refractivity contribution in [1.82, 2.24) is 10.2 Å². The van der Waals surface area contributed by atoms with E-state index in [1.807, 2.05) is 6.07 Å². The van der Waals surface area contributed by atoms with E-state index in [4.69, 9.17) is 0 Å². The van der Waals surface area contributed by atoms with Gasteiger partial charge in [-0.2, -0.15) is 0 Å². The minimum Gasteiger partial charge on any atom is -0.313 e. The lowest BCUT2D eigenvalue weighted by Gasteiger charge is -2.26. The fourth-order valence-corrected chi connectivity index (χ4v) is 3.00. The van der Waals surface area contributed by atoms with Gasteiger partial charge in [-0.05, 0) is 37.6 Å². The highest BCUT2D eigenvalue weighted by atomic mass is 79.9. The maximum absolute atomic E-state index is 13.8. The molecular formula is C15H22BrFN2. The Labute approximate surface area is 123 Å². The number of likely N-dealkylation sites (tertiary alicyclic amines) is 1. The van der Waals surface area contributed by atoms with Crippen LogP contribution in [0.3, 0.4) is 0 Å². The molecule has 2 rings (SSSR count). The summed E-state index contributed by atoms with van der Waals surface area (Å²) in [5, 5.41) is 3.48. The Bertz CT molecular complexity index is 423. The van der Waals surface area contributed by atoms with E-state index in [0.29, 0.717) is 18.6 Å². The molecule has 106 valence electrons. The second-order valence-electron chi connectivity index (χ2n) is 5.57. The zero-order valence-corrected chi connectivity index (χ0v) is 13.2. The van der Waals surface area contributed by atoms with Crippen LogP contribution in [-0.2, 0) is 6.54 Å². The van der Waals surface area contributed by atoms with E-state index in [1.165, 1.54) is 18.9 Å². The highest BCUT2D eigenvalue weighted by molar-refractivity contribution is 9.10. The lowest BCUT2D eigenvalue weighted by atomic mass is 10.1. The maximum Gasteiger partial charge on any atom is 0.127 e. The first-order chi connectivity index (χ1) is 9.06. The van der Waals surface area contributed by atoms with E-state index < -0.39 is 0 Å². The third kappa shape index (κ3) is 4.26. The standard InChI is InChI=1S/C15H22BrFN2/c1-11(2)18-9-14-4-3-7-19(14)10-12-8-13(16)5-6-15(12)17/h5-6,8,11,14,18H,3-4,7,9-10H2,1-2H3. The van der Waals surface area contributed by atoms with Gasteiger partial charge in [0, 0.05) is 35.2 Å². The second kappa shape index (κ2) is 6.82. The van der Waals surface area contributed by atoms with Crippen molar-refractivity contribution in [1.29, 1.82) is 0 Å². The Balaban J connectivity index is 1.98. The van der Waals surface area contributed by atoms with Gasteiger partial charge in [0.2, 0.25) is 0 Å². The molecule has 0 spiro atoms. The molecule has 19 heavy (non-hydrogen) atoms. The van der Waals surface area contributed by atoms with Gasteiger partial charge in [0.05, 0.1) is 0 Å². The summed E-state index contributed by atoms with van der Waals surface area (Å²) in [6, 6.07) is 6.21. The molecular weight excluding hydrogens is 307 g/mol. The molecule has 2 nitrogen and oxygen atoms in total. The van der Waals surface area contributed by atoms with Crippen LogP contribution >= 0.6 is 15.9 Å². The van der Waals surface area contributed by atoms with Gasteiger partial charge < -0.3 is 5.32 Å². The number of halogens is 2. The van der Waals surface area contributed by atoms with E-state index in [2.05, 4.69) is 40.0 Å². The molecule has 1 aliphatic heterocycles. The van der Waals surface area contributed by atoms with E-state index in [0.717, 1.165) is 23.1 Å². The lowest BCUT2D eigenvalue weighted by molar-refractivity contribution is 0.233. The van der Waals surface area contributed by atoms with Crippen molar-refractivity contribution in [2.45, 2.75) is 45.3 Å². The third-order valence-corrected chi connectivity index (χ3v) is 4.14. The van der Waals surface area contributed by atoms with Crippen molar-refractivity contribution in [2.24, 2.45) is 0 Å². The molecule has 1 aromatic carbocycles. The summed E-state index contributed by atoms with van der Waals surface area (Å²) in [6.07, 6.45) is 2.41. The molecule has 1 aliphatic rings. The number of hydrogen-bond donors (Lipinski definition) is 1. The van der Waals surface area contributed by atoms with Crippen LogP contribution in [0.5, 0.6) is 0 Å². The summed E-state index contributed by atoms with van der Waals surface area (Å²) in [7, 11) is 0. The number of rotatable bonds is 5. The average Bonchev–Trinajstić information content (AvgIpc) is 2.79. The molecule has 0 saturated carbocycles. The average molecular weight is 329 g/mol. The largest absolute Gasteiger partial charge is 0.313 e. The van der Waals surface area contributed by atoms with Crippen LogP contribution in [0.2, 0.25) is 0 Å². The van der Waals surface area contributed by atoms with Crippen LogP contribution in [0.4, 0.5) is 4.39 Å². The van der Waals surface area contributed by atoms with Crippen molar-refractivity contribution < 1.29 is 4.39 Å². The number of benzene rings is 1. The quantitative estimate of drug-likeness (QED) is 0.889. The number of hydrogen-bond acceptors (Lipinski definition) is 2. The topological polar surface area (TPSA) is 15.3 Å². The van der Waals surface area contributed by atoms with Gasteiger partial charge >= 0.3 is 0 Å². The van der Waals surface area contributed by atoms with Crippen LogP contribution in [0, 0.1) is 5.82 Å². The van der Waals surface area contributed by atoms with Crippen molar-refractivity contribution in [3.8, 4) is 0 Å². The summed E-state index contributed by atoms with van der Waals surface area (Å²) in [4.78, 5) is 2.39. The SMILES string of the molecule is CC(C)NCC1CCCN1Cc1cc(Br)ccc1F. The molecule has 1 unspecified atom stereocenters. The van der Waals surface area contributed by atoms with Gasteiger partial charge in [-0.25, -0.2) is 4.39 Å². The minimum absolute atomic E-state index is 0.106. The fourth-order valence-electron chi connectivity index (χ4n) is 2.59. The van der Waals surface area contributed by atoms with E-state index in [1.54, 1.807) is 6.07 Å². The van der Waals surface area contributed by atoms with Crippen LogP contribution < -0.4 is 5.32 Å². The van der Waals surface area contributed by atoms with Crippen LogP contribution in [0.1, 0.15) is 32.3 Å². The Kier molecular flexibility index (Phi) is 5.37. The normalized spacial score (nSPS) is 20.4. The Morgan fingerprint density at radius 1 is 1.47 bits per heavy atom. The first-order valence-electron chi connectivity index (χ1n) is 6.97. The summed E-state index contributed by atoms with van der Waals surface area (Å²) >= 11 is 3.41. The Morgan fingerprint density at radius 2 is 2.26 bits per heavy atom. The summed E-state index contributed by atoms with van der Waals surface area (Å²) in [5.41, 5.74) is 0.783. The summed E-state index contributed by atoms with van der Waals surface area (Å²) < 4.78 is 14.7. The molecule has 0 bridgehead atoms. The van der Waals surface area contributed by atoms with Gasteiger partial charge in [0.15, 0.2) is 0 Å².